The van der Waals surface area contributed by atoms with Gasteiger partial charge in [0.1, 0.15) is 5.92 Å². The van der Waals surface area contributed by atoms with Gasteiger partial charge in [0, 0.05) is 20.6 Å². The zero-order chi connectivity index (χ0) is 16.2. The summed E-state index contributed by atoms with van der Waals surface area (Å²) in [4.78, 5) is 36.1. The minimum absolute atomic E-state index is 0.0986. The molecule has 8 heteroatoms. The van der Waals surface area contributed by atoms with E-state index in [9.17, 15) is 14.4 Å². The first kappa shape index (κ1) is 17.2. The van der Waals surface area contributed by atoms with Gasteiger partial charge in [-0.1, -0.05) is 0 Å². The molecule has 2 atom stereocenters. The molecule has 1 fully saturated rings. The lowest BCUT2D eigenvalue weighted by Gasteiger charge is -2.29. The zero-order valence-corrected chi connectivity index (χ0v) is 12.8. The quantitative estimate of drug-likeness (QED) is 0.634. The third-order valence-electron chi connectivity index (χ3n) is 3.71. The van der Waals surface area contributed by atoms with E-state index < -0.39 is 29.4 Å². The molecule has 8 nitrogen and oxygen atoms in total. The number of aliphatic carboxylic acids is 1. The predicted molar refractivity (Wildman–Crippen MR) is 74.7 cm³/mol. The van der Waals surface area contributed by atoms with Gasteiger partial charge in [0.05, 0.1) is 24.7 Å². The second kappa shape index (κ2) is 6.75. The molecular weight excluding hydrogens is 278 g/mol. The van der Waals surface area contributed by atoms with Crippen molar-refractivity contribution in [2.24, 2.45) is 11.3 Å². The Morgan fingerprint density at radius 1 is 1.33 bits per heavy atom. The molecule has 1 heterocycles. The first-order chi connectivity index (χ1) is 9.70. The van der Waals surface area contributed by atoms with Crippen molar-refractivity contribution in [1.82, 2.24) is 15.5 Å². The fraction of sp³-hybridized carbons (Fsp3) is 0.769. The number of carbonyl (C=O) groups excluding carboxylic acids is 2. The summed E-state index contributed by atoms with van der Waals surface area (Å²) in [6.07, 6.45) is 0. The number of ether oxygens (including phenoxy) is 1. The van der Waals surface area contributed by atoms with Crippen LogP contribution in [-0.4, -0.2) is 67.8 Å². The molecular formula is C13H23N3O5. The van der Waals surface area contributed by atoms with Gasteiger partial charge in [0.15, 0.2) is 0 Å². The zero-order valence-electron chi connectivity index (χ0n) is 12.8. The average Bonchev–Trinajstić information content (AvgIpc) is 2.92. The Kier molecular flexibility index (Phi) is 5.54. The number of carbonyl (C=O) groups is 3. The van der Waals surface area contributed by atoms with Crippen molar-refractivity contribution in [3.05, 3.63) is 0 Å². The van der Waals surface area contributed by atoms with Gasteiger partial charge >= 0.3 is 12.0 Å². The number of carboxylic acid groups (broad SMARTS) is 1. The smallest absolute Gasteiger partial charge is 0.317 e. The van der Waals surface area contributed by atoms with Gasteiger partial charge in [-0.25, -0.2) is 4.79 Å². The third kappa shape index (κ3) is 4.07. The summed E-state index contributed by atoms with van der Waals surface area (Å²) in [6.45, 7) is 3.87. The summed E-state index contributed by atoms with van der Waals surface area (Å²) in [7, 11) is 3.06. The molecule has 2 unspecified atom stereocenters. The van der Waals surface area contributed by atoms with E-state index in [1.807, 2.05) is 0 Å². The van der Waals surface area contributed by atoms with Gasteiger partial charge in [-0.05, 0) is 13.8 Å². The van der Waals surface area contributed by atoms with E-state index in [-0.39, 0.29) is 25.7 Å². The number of hydrogen-bond acceptors (Lipinski definition) is 4. The molecule has 1 aliphatic heterocycles. The fourth-order valence-corrected chi connectivity index (χ4v) is 2.15. The van der Waals surface area contributed by atoms with Crippen molar-refractivity contribution < 1.29 is 24.2 Å². The van der Waals surface area contributed by atoms with Crippen LogP contribution < -0.4 is 10.6 Å². The van der Waals surface area contributed by atoms with Crippen molar-refractivity contribution in [3.63, 3.8) is 0 Å². The van der Waals surface area contributed by atoms with Crippen molar-refractivity contribution in [1.29, 1.82) is 0 Å². The Hall–Kier alpha value is -1.83. The maximum absolute atomic E-state index is 12.1. The van der Waals surface area contributed by atoms with Crippen LogP contribution in [0.4, 0.5) is 4.79 Å². The van der Waals surface area contributed by atoms with Gasteiger partial charge < -0.3 is 25.4 Å². The molecule has 1 saturated heterocycles. The molecule has 0 aromatic rings. The van der Waals surface area contributed by atoms with E-state index in [1.165, 1.54) is 19.0 Å². The molecule has 0 aliphatic carbocycles. The number of nitrogens with one attached hydrogen (secondary N) is 2. The van der Waals surface area contributed by atoms with Gasteiger partial charge in [0.2, 0.25) is 5.91 Å². The van der Waals surface area contributed by atoms with Crippen LogP contribution in [-0.2, 0) is 14.3 Å². The highest BCUT2D eigenvalue weighted by Crippen LogP contribution is 2.19. The highest BCUT2D eigenvalue weighted by Gasteiger charge is 2.39. The van der Waals surface area contributed by atoms with Gasteiger partial charge in [-0.3, -0.25) is 9.59 Å². The Morgan fingerprint density at radius 3 is 2.48 bits per heavy atom. The minimum Gasteiger partial charge on any atom is -0.481 e. The lowest BCUT2D eigenvalue weighted by molar-refractivity contribution is -0.142. The largest absolute Gasteiger partial charge is 0.481 e. The number of nitrogens with zero attached hydrogens (tertiary/aromatic N) is 1. The summed E-state index contributed by atoms with van der Waals surface area (Å²) < 4.78 is 5.14. The number of likely N-dealkylation sites (N-methyl/N-ethyl adjacent to an activating group) is 1. The Morgan fingerprint density at radius 2 is 1.95 bits per heavy atom. The Labute approximate surface area is 123 Å². The molecule has 0 spiro atoms. The highest BCUT2D eigenvalue weighted by molar-refractivity contribution is 5.83. The molecule has 0 aromatic carbocycles. The average molecular weight is 301 g/mol. The molecule has 1 aliphatic rings. The maximum Gasteiger partial charge on any atom is 0.317 e. The molecule has 0 radical (unpaired) electrons. The fourth-order valence-electron chi connectivity index (χ4n) is 2.15. The summed E-state index contributed by atoms with van der Waals surface area (Å²) >= 11 is 0. The molecule has 3 amide bonds. The second-order valence-electron chi connectivity index (χ2n) is 5.78. The molecule has 0 bridgehead atoms. The first-order valence-corrected chi connectivity index (χ1v) is 6.74. The van der Waals surface area contributed by atoms with Crippen LogP contribution in [0.2, 0.25) is 0 Å². The van der Waals surface area contributed by atoms with Gasteiger partial charge in [-0.2, -0.15) is 0 Å². The Balaban J connectivity index is 2.59. The van der Waals surface area contributed by atoms with Crippen molar-refractivity contribution in [3.8, 4) is 0 Å². The Bertz CT molecular complexity index is 424. The summed E-state index contributed by atoms with van der Waals surface area (Å²) in [5.74, 6) is -1.89. The predicted octanol–water partition coefficient (Wildman–Crippen LogP) is -0.500. The highest BCUT2D eigenvalue weighted by atomic mass is 16.5. The van der Waals surface area contributed by atoms with Gasteiger partial charge in [-0.15, -0.1) is 0 Å². The number of rotatable bonds is 5. The number of urea groups is 1. The van der Waals surface area contributed by atoms with E-state index in [4.69, 9.17) is 9.84 Å². The topological polar surface area (TPSA) is 108 Å². The lowest BCUT2D eigenvalue weighted by Crippen LogP contribution is -2.51. The van der Waals surface area contributed by atoms with Crippen LogP contribution in [0.5, 0.6) is 0 Å². The minimum atomic E-state index is -0.983. The lowest BCUT2D eigenvalue weighted by atomic mass is 9.92. The van der Waals surface area contributed by atoms with Crippen molar-refractivity contribution in [2.75, 3.05) is 33.9 Å². The van der Waals surface area contributed by atoms with Crippen LogP contribution >= 0.6 is 0 Å². The molecule has 0 aromatic heterocycles. The van der Waals surface area contributed by atoms with E-state index in [0.29, 0.717) is 0 Å². The molecule has 1 rings (SSSR count). The third-order valence-corrected chi connectivity index (χ3v) is 3.71. The van der Waals surface area contributed by atoms with Crippen LogP contribution in [0.3, 0.4) is 0 Å². The summed E-state index contributed by atoms with van der Waals surface area (Å²) in [5.41, 5.74) is -0.746. The summed E-state index contributed by atoms with van der Waals surface area (Å²) in [5, 5.41) is 14.3. The van der Waals surface area contributed by atoms with Crippen LogP contribution in [0.1, 0.15) is 13.8 Å². The molecule has 3 N–H and O–H groups in total. The standard InChI is InChI=1S/C13H23N3O5/c1-13(2,11(19)14-3)7-15-12(20)16(4)9-6-21-5-8(9)10(17)18/h8-9H,5-7H2,1-4H3,(H,14,19)(H,15,20)(H,17,18). The van der Waals surface area contributed by atoms with E-state index in [2.05, 4.69) is 10.6 Å². The van der Waals surface area contributed by atoms with E-state index >= 15 is 0 Å². The summed E-state index contributed by atoms with van der Waals surface area (Å²) in [6, 6.07) is -0.931. The van der Waals surface area contributed by atoms with Gasteiger partial charge in [0.25, 0.3) is 0 Å². The molecule has 120 valence electrons. The van der Waals surface area contributed by atoms with Crippen molar-refractivity contribution in [2.45, 2.75) is 19.9 Å². The number of amides is 3. The monoisotopic (exact) mass is 301 g/mol. The van der Waals surface area contributed by atoms with E-state index in [0.717, 1.165) is 0 Å². The van der Waals surface area contributed by atoms with Crippen molar-refractivity contribution >= 4 is 17.9 Å². The number of carboxylic acids is 1. The van der Waals surface area contributed by atoms with Crippen LogP contribution in [0.15, 0.2) is 0 Å². The first-order valence-electron chi connectivity index (χ1n) is 6.74. The van der Waals surface area contributed by atoms with E-state index in [1.54, 1.807) is 13.8 Å². The van der Waals surface area contributed by atoms with Crippen LogP contribution in [0, 0.1) is 11.3 Å². The molecule has 0 saturated carbocycles. The van der Waals surface area contributed by atoms with Crippen LogP contribution in [0.25, 0.3) is 0 Å². The second-order valence-corrected chi connectivity index (χ2v) is 5.78. The molecule has 21 heavy (non-hydrogen) atoms. The SMILES string of the molecule is CNC(=O)C(C)(C)CNC(=O)N(C)C1COCC1C(=O)O. The number of hydrogen-bond donors (Lipinski definition) is 3. The maximum atomic E-state index is 12.1. The normalized spacial score (nSPS) is 21.7.